The molecule has 34 heavy (non-hydrogen) atoms. The van der Waals surface area contributed by atoms with E-state index in [-0.39, 0.29) is 5.41 Å². The van der Waals surface area contributed by atoms with Crippen LogP contribution in [0.15, 0.2) is 109 Å². The summed E-state index contributed by atoms with van der Waals surface area (Å²) < 4.78 is 0. The Morgan fingerprint density at radius 3 is 1.65 bits per heavy atom. The molecule has 0 aliphatic heterocycles. The molecule has 1 spiro atoms. The number of fused-ring (bicyclic) bond motifs is 13. The highest BCUT2D eigenvalue weighted by atomic mass is 14.7. The predicted octanol–water partition coefficient (Wildman–Crippen LogP) is 8.04. The van der Waals surface area contributed by atoms with Crippen molar-refractivity contribution < 1.29 is 0 Å². The van der Waals surface area contributed by atoms with Crippen LogP contribution in [0, 0.1) is 6.92 Å². The number of nitrogens with zero attached hydrogens (tertiary/aromatic N) is 1. The van der Waals surface area contributed by atoms with Crippen molar-refractivity contribution in [1.29, 1.82) is 0 Å². The number of hydrogen-bond donors (Lipinski definition) is 0. The average molecular weight is 432 g/mol. The van der Waals surface area contributed by atoms with Crippen molar-refractivity contribution in [1.82, 2.24) is 4.98 Å². The third-order valence-corrected chi connectivity index (χ3v) is 8.01. The van der Waals surface area contributed by atoms with E-state index < -0.39 is 0 Å². The quantitative estimate of drug-likeness (QED) is 0.221. The molecule has 0 atom stereocenters. The Morgan fingerprint density at radius 1 is 0.471 bits per heavy atom. The highest BCUT2D eigenvalue weighted by molar-refractivity contribution is 6.10. The SMILES string of the molecule is Cc1nc2ccccc2c2cc3c(cc12)-c1ccccc1C31c2ccccc2-c2ccccc21. The Bertz CT molecular complexity index is 1780. The van der Waals surface area contributed by atoms with Crippen molar-refractivity contribution in [2.24, 2.45) is 0 Å². The Labute approximate surface area is 198 Å². The molecule has 5 aromatic carbocycles. The van der Waals surface area contributed by atoms with E-state index in [1.807, 2.05) is 0 Å². The molecule has 2 aliphatic rings. The first-order valence-electron chi connectivity index (χ1n) is 11.9. The van der Waals surface area contributed by atoms with Gasteiger partial charge in [0.2, 0.25) is 0 Å². The minimum Gasteiger partial charge on any atom is -0.252 e. The Kier molecular flexibility index (Phi) is 3.33. The molecule has 0 fully saturated rings. The summed E-state index contributed by atoms with van der Waals surface area (Å²) in [6, 6.07) is 40.4. The smallest absolute Gasteiger partial charge is 0.0725 e. The summed E-state index contributed by atoms with van der Waals surface area (Å²) in [5, 5.41) is 3.75. The van der Waals surface area contributed by atoms with Crippen LogP contribution < -0.4 is 0 Å². The number of aromatic nitrogens is 1. The second kappa shape index (κ2) is 6.21. The van der Waals surface area contributed by atoms with Gasteiger partial charge < -0.3 is 0 Å². The molecule has 6 aromatic rings. The van der Waals surface area contributed by atoms with Crippen LogP contribution in [0.1, 0.15) is 27.9 Å². The van der Waals surface area contributed by atoms with Crippen molar-refractivity contribution in [3.05, 3.63) is 137 Å². The van der Waals surface area contributed by atoms with E-state index in [4.69, 9.17) is 4.98 Å². The maximum Gasteiger partial charge on any atom is 0.0725 e. The normalized spacial score (nSPS) is 14.3. The van der Waals surface area contributed by atoms with Crippen LogP contribution in [0.2, 0.25) is 0 Å². The van der Waals surface area contributed by atoms with Crippen molar-refractivity contribution in [2.75, 3.05) is 0 Å². The summed E-state index contributed by atoms with van der Waals surface area (Å²) in [7, 11) is 0. The standard InChI is InChI=1S/C33H21N/c1-20-25-18-27-23-12-4-8-16-30(23)33(31(27)19-26(25)24-13-5-9-17-32(24)34-20)28-14-6-2-10-21(28)22-11-3-7-15-29(22)33/h2-19H,1H3. The molecule has 1 nitrogen and oxygen atoms in total. The van der Waals surface area contributed by atoms with Gasteiger partial charge in [-0.05, 0) is 75.0 Å². The molecule has 8 rings (SSSR count). The highest BCUT2D eigenvalue weighted by Crippen LogP contribution is 2.63. The van der Waals surface area contributed by atoms with Crippen molar-refractivity contribution in [2.45, 2.75) is 12.3 Å². The lowest BCUT2D eigenvalue weighted by Gasteiger charge is -2.30. The van der Waals surface area contributed by atoms with Crippen LogP contribution in [0.4, 0.5) is 0 Å². The van der Waals surface area contributed by atoms with Gasteiger partial charge in [0.15, 0.2) is 0 Å². The lowest BCUT2D eigenvalue weighted by Crippen LogP contribution is -2.25. The van der Waals surface area contributed by atoms with Crippen LogP contribution in [-0.4, -0.2) is 4.98 Å². The van der Waals surface area contributed by atoms with Gasteiger partial charge in [-0.1, -0.05) is 91.0 Å². The van der Waals surface area contributed by atoms with Gasteiger partial charge in [-0.15, -0.1) is 0 Å². The van der Waals surface area contributed by atoms with Crippen LogP contribution in [0.5, 0.6) is 0 Å². The molecular formula is C33H21N. The number of para-hydroxylation sites is 1. The van der Waals surface area contributed by atoms with Gasteiger partial charge in [0.1, 0.15) is 0 Å². The third kappa shape index (κ3) is 2.00. The molecule has 2 aliphatic carbocycles. The molecule has 0 saturated heterocycles. The molecule has 158 valence electrons. The second-order valence-corrected chi connectivity index (χ2v) is 9.54. The van der Waals surface area contributed by atoms with Gasteiger partial charge in [0, 0.05) is 16.5 Å². The first-order chi connectivity index (χ1) is 16.8. The Morgan fingerprint density at radius 2 is 1.00 bits per heavy atom. The summed E-state index contributed by atoms with van der Waals surface area (Å²) in [6.07, 6.45) is 0. The maximum atomic E-state index is 4.95. The van der Waals surface area contributed by atoms with Gasteiger partial charge >= 0.3 is 0 Å². The second-order valence-electron chi connectivity index (χ2n) is 9.54. The van der Waals surface area contributed by atoms with E-state index in [2.05, 4.69) is 116 Å². The molecule has 1 heteroatoms. The predicted molar refractivity (Wildman–Crippen MR) is 140 cm³/mol. The molecule has 0 N–H and O–H groups in total. The van der Waals surface area contributed by atoms with Crippen LogP contribution in [-0.2, 0) is 5.41 Å². The molecule has 0 amide bonds. The van der Waals surface area contributed by atoms with E-state index in [0.29, 0.717) is 0 Å². The summed E-state index contributed by atoms with van der Waals surface area (Å²) in [6.45, 7) is 2.14. The van der Waals surface area contributed by atoms with Crippen LogP contribution in [0.3, 0.4) is 0 Å². The van der Waals surface area contributed by atoms with Gasteiger partial charge in [-0.3, -0.25) is 4.98 Å². The lowest BCUT2D eigenvalue weighted by atomic mass is 9.70. The first kappa shape index (κ1) is 18.2. The summed E-state index contributed by atoms with van der Waals surface area (Å²) in [4.78, 5) is 4.95. The summed E-state index contributed by atoms with van der Waals surface area (Å²) in [5.74, 6) is 0. The maximum absolute atomic E-state index is 4.95. The fourth-order valence-electron chi connectivity index (χ4n) is 6.70. The molecule has 1 aromatic heterocycles. The molecular weight excluding hydrogens is 410 g/mol. The molecule has 0 bridgehead atoms. The van der Waals surface area contributed by atoms with E-state index >= 15 is 0 Å². The zero-order valence-electron chi connectivity index (χ0n) is 18.8. The Hall–Kier alpha value is -4.23. The highest BCUT2D eigenvalue weighted by Gasteiger charge is 2.51. The van der Waals surface area contributed by atoms with E-state index in [0.717, 1.165) is 11.2 Å². The van der Waals surface area contributed by atoms with E-state index in [1.54, 1.807) is 0 Å². The Balaban J connectivity index is 1.62. The molecule has 0 unspecified atom stereocenters. The van der Waals surface area contributed by atoms with E-state index in [9.17, 15) is 0 Å². The van der Waals surface area contributed by atoms with Gasteiger partial charge in [-0.2, -0.15) is 0 Å². The minimum atomic E-state index is -0.300. The zero-order chi connectivity index (χ0) is 22.4. The lowest BCUT2D eigenvalue weighted by molar-refractivity contribution is 0.795. The van der Waals surface area contributed by atoms with E-state index in [1.165, 1.54) is 60.7 Å². The zero-order valence-corrected chi connectivity index (χ0v) is 18.8. The topological polar surface area (TPSA) is 12.9 Å². The first-order valence-corrected chi connectivity index (χ1v) is 11.9. The number of pyridine rings is 1. The number of benzene rings is 5. The minimum absolute atomic E-state index is 0.300. The largest absolute Gasteiger partial charge is 0.252 e. The van der Waals surface area contributed by atoms with Gasteiger partial charge in [-0.25, -0.2) is 0 Å². The number of rotatable bonds is 0. The third-order valence-electron chi connectivity index (χ3n) is 8.01. The van der Waals surface area contributed by atoms with Crippen molar-refractivity contribution in [3.63, 3.8) is 0 Å². The number of hydrogen-bond acceptors (Lipinski definition) is 1. The van der Waals surface area contributed by atoms with Gasteiger partial charge in [0.25, 0.3) is 0 Å². The fourth-order valence-corrected chi connectivity index (χ4v) is 6.70. The summed E-state index contributed by atoms with van der Waals surface area (Å²) in [5.41, 5.74) is 12.7. The number of aryl methyl sites for hydroxylation is 1. The fraction of sp³-hybridized carbons (Fsp3) is 0.0606. The summed E-state index contributed by atoms with van der Waals surface area (Å²) >= 11 is 0. The van der Waals surface area contributed by atoms with Crippen LogP contribution >= 0.6 is 0 Å². The van der Waals surface area contributed by atoms with Gasteiger partial charge in [0.05, 0.1) is 10.9 Å². The van der Waals surface area contributed by atoms with Crippen molar-refractivity contribution >= 4 is 21.7 Å². The van der Waals surface area contributed by atoms with Crippen LogP contribution in [0.25, 0.3) is 43.9 Å². The average Bonchev–Trinajstić information content (AvgIpc) is 3.35. The van der Waals surface area contributed by atoms with Crippen molar-refractivity contribution in [3.8, 4) is 22.3 Å². The molecule has 0 radical (unpaired) electrons. The monoisotopic (exact) mass is 431 g/mol. The molecule has 1 heterocycles. The molecule has 0 saturated carbocycles.